The van der Waals surface area contributed by atoms with E-state index in [9.17, 15) is 22.8 Å². The summed E-state index contributed by atoms with van der Waals surface area (Å²) in [4.78, 5) is 23.5. The van der Waals surface area contributed by atoms with Gasteiger partial charge in [-0.2, -0.15) is 13.2 Å². The first-order chi connectivity index (χ1) is 13.2. The van der Waals surface area contributed by atoms with E-state index < -0.39 is 37.1 Å². The Bertz CT molecular complexity index is 874. The van der Waals surface area contributed by atoms with Crippen LogP contribution < -0.4 is 4.74 Å². The Hall–Kier alpha value is -2.66. The Kier molecular flexibility index (Phi) is 6.97. The molecule has 0 radical (unpaired) electrons. The average Bonchev–Trinajstić information content (AvgIpc) is 2.64. The average molecular weight is 419 g/mol. The Labute approximate surface area is 162 Å². The number of fused-ring (bicyclic) bond motifs is 1. The van der Waals surface area contributed by atoms with E-state index in [1.807, 2.05) is 0 Å². The molecule has 0 aliphatic heterocycles. The lowest BCUT2D eigenvalue weighted by Crippen LogP contribution is -2.36. The largest absolute Gasteiger partial charge is 0.496 e. The van der Waals surface area contributed by atoms with E-state index in [2.05, 4.69) is 4.74 Å². The molecular weight excluding hydrogens is 403 g/mol. The van der Waals surface area contributed by atoms with E-state index in [4.69, 9.17) is 14.0 Å². The number of methoxy groups -OCH3 is 2. The molecule has 152 valence electrons. The third-order valence-electron chi connectivity index (χ3n) is 3.60. The fraction of sp³-hybridized carbons (Fsp3) is 0.294. The van der Waals surface area contributed by atoms with Gasteiger partial charge in [0.15, 0.2) is 0 Å². The summed E-state index contributed by atoms with van der Waals surface area (Å²) in [6, 6.07) is 6.96. The second-order valence-corrected chi connectivity index (χ2v) is 6.23. The molecule has 0 atom stereocenters. The third-order valence-corrected chi connectivity index (χ3v) is 4.36. The van der Waals surface area contributed by atoms with Gasteiger partial charge in [-0.15, -0.1) is 0 Å². The third kappa shape index (κ3) is 4.98. The maximum Gasteiger partial charge on any atom is 0.420 e. The van der Waals surface area contributed by atoms with Gasteiger partial charge in [-0.3, -0.25) is 13.9 Å². The number of carboxylic acids is 1. The molecule has 0 fully saturated rings. The van der Waals surface area contributed by atoms with Crippen LogP contribution in [0.15, 0.2) is 35.2 Å². The number of amides is 1. The van der Waals surface area contributed by atoms with Crippen LogP contribution in [-0.2, 0) is 19.9 Å². The lowest BCUT2D eigenvalue weighted by atomic mass is 10.0. The summed E-state index contributed by atoms with van der Waals surface area (Å²) in [5.74, 6) is -1.58. The number of hydrogen-bond donors (Lipinski definition) is 1. The number of carbonyl (C=O) groups excluding carboxylic acids is 1. The van der Waals surface area contributed by atoms with E-state index in [0.717, 1.165) is 19.1 Å². The summed E-state index contributed by atoms with van der Waals surface area (Å²) >= 11 is 0.715. The van der Waals surface area contributed by atoms with Crippen molar-refractivity contribution in [1.82, 2.24) is 4.90 Å². The molecular formula is C17H16F3NO6S. The van der Waals surface area contributed by atoms with Crippen LogP contribution in [0.4, 0.5) is 18.0 Å². The number of aliphatic carboxylic acids is 1. The van der Waals surface area contributed by atoms with Gasteiger partial charge in [0, 0.05) is 16.9 Å². The minimum atomic E-state index is -4.63. The van der Waals surface area contributed by atoms with Gasteiger partial charge in [0.05, 0.1) is 14.2 Å². The van der Waals surface area contributed by atoms with Crippen molar-refractivity contribution in [3.8, 4) is 5.75 Å². The maximum absolute atomic E-state index is 13.5. The molecule has 11 heteroatoms. The Morgan fingerprint density at radius 1 is 1.14 bits per heavy atom. The zero-order valence-corrected chi connectivity index (χ0v) is 15.6. The molecule has 0 heterocycles. The molecule has 0 aliphatic rings. The van der Waals surface area contributed by atoms with Gasteiger partial charge in [0.1, 0.15) is 24.6 Å². The highest BCUT2D eigenvalue weighted by Gasteiger charge is 2.36. The van der Waals surface area contributed by atoms with Crippen molar-refractivity contribution in [1.29, 1.82) is 0 Å². The molecule has 28 heavy (non-hydrogen) atoms. The van der Waals surface area contributed by atoms with Crippen molar-refractivity contribution < 1.29 is 41.5 Å². The second-order valence-electron chi connectivity index (χ2n) is 5.38. The highest BCUT2D eigenvalue weighted by atomic mass is 32.2. The Morgan fingerprint density at radius 3 is 2.43 bits per heavy atom. The smallest absolute Gasteiger partial charge is 0.420 e. The lowest BCUT2D eigenvalue weighted by Gasteiger charge is -2.19. The van der Waals surface area contributed by atoms with Crippen molar-refractivity contribution in [2.24, 2.45) is 0 Å². The Balaban J connectivity index is 2.28. The van der Waals surface area contributed by atoms with Crippen LogP contribution in [0.5, 0.6) is 5.75 Å². The van der Waals surface area contributed by atoms with E-state index in [-0.39, 0.29) is 16.5 Å². The van der Waals surface area contributed by atoms with Gasteiger partial charge >= 0.3 is 18.2 Å². The topological polar surface area (TPSA) is 85.3 Å². The monoisotopic (exact) mass is 419 g/mol. The minimum absolute atomic E-state index is 0.0733. The number of alkyl halides is 3. The molecule has 2 rings (SSSR count). The van der Waals surface area contributed by atoms with Crippen LogP contribution >= 0.6 is 12.0 Å². The van der Waals surface area contributed by atoms with Gasteiger partial charge in [-0.25, -0.2) is 4.79 Å². The van der Waals surface area contributed by atoms with Crippen LogP contribution in [0.3, 0.4) is 0 Å². The zero-order valence-electron chi connectivity index (χ0n) is 14.8. The van der Waals surface area contributed by atoms with Gasteiger partial charge in [-0.1, -0.05) is 12.1 Å². The van der Waals surface area contributed by atoms with E-state index in [1.54, 1.807) is 6.07 Å². The fourth-order valence-corrected chi connectivity index (χ4v) is 3.16. The second kappa shape index (κ2) is 9.02. The maximum atomic E-state index is 13.5. The number of halogens is 3. The van der Waals surface area contributed by atoms with Gasteiger partial charge in [-0.05, 0) is 29.0 Å². The number of benzene rings is 2. The number of carbonyl (C=O) groups is 2. The van der Waals surface area contributed by atoms with Gasteiger partial charge in [0.25, 0.3) is 0 Å². The van der Waals surface area contributed by atoms with E-state index >= 15 is 0 Å². The summed E-state index contributed by atoms with van der Waals surface area (Å²) in [6.07, 6.45) is -5.54. The summed E-state index contributed by atoms with van der Waals surface area (Å²) in [7, 11) is 2.24. The minimum Gasteiger partial charge on any atom is -0.496 e. The van der Waals surface area contributed by atoms with Crippen molar-refractivity contribution in [3.63, 3.8) is 0 Å². The van der Waals surface area contributed by atoms with Crippen molar-refractivity contribution in [2.45, 2.75) is 11.1 Å². The summed E-state index contributed by atoms with van der Waals surface area (Å²) in [5, 5.41) is 9.01. The normalized spacial score (nSPS) is 11.3. The van der Waals surface area contributed by atoms with Gasteiger partial charge < -0.3 is 14.6 Å². The lowest BCUT2D eigenvalue weighted by molar-refractivity contribution is -0.139. The first-order valence-corrected chi connectivity index (χ1v) is 8.44. The van der Waals surface area contributed by atoms with Crippen LogP contribution in [0.2, 0.25) is 0 Å². The standard InChI is InChI=1S/C17H16F3NO6S/c1-25-12-7-6-10-11(15(12)17(18,19)20)4-3-5-13(10)28-27-9-21(8-14(22)23)16(24)26-2/h3-7H,8-9H2,1-2H3,(H,22,23). The van der Waals surface area contributed by atoms with Gasteiger partial charge in [0.2, 0.25) is 0 Å². The van der Waals surface area contributed by atoms with E-state index in [0.29, 0.717) is 16.9 Å². The van der Waals surface area contributed by atoms with Crippen molar-refractivity contribution >= 4 is 34.9 Å². The predicted octanol–water partition coefficient (Wildman–Crippen LogP) is 4.00. The highest BCUT2D eigenvalue weighted by Crippen LogP contribution is 2.43. The molecule has 2 aromatic carbocycles. The fourth-order valence-electron chi connectivity index (χ4n) is 2.45. The number of carboxylic acid groups (broad SMARTS) is 1. The number of rotatable bonds is 7. The summed E-state index contributed by atoms with van der Waals surface area (Å²) in [5.41, 5.74) is -0.906. The number of hydrogen-bond acceptors (Lipinski definition) is 6. The first-order valence-electron chi connectivity index (χ1n) is 7.70. The summed E-state index contributed by atoms with van der Waals surface area (Å²) in [6.45, 7) is -1.10. The van der Waals surface area contributed by atoms with Crippen LogP contribution in [0, 0.1) is 0 Å². The summed E-state index contributed by atoms with van der Waals surface area (Å²) < 4.78 is 55.0. The number of ether oxygens (including phenoxy) is 2. The molecule has 0 spiro atoms. The molecule has 2 aromatic rings. The molecule has 0 saturated heterocycles. The Morgan fingerprint density at radius 2 is 1.86 bits per heavy atom. The first kappa shape index (κ1) is 21.6. The van der Waals surface area contributed by atoms with Crippen LogP contribution in [0.1, 0.15) is 5.56 Å². The molecule has 1 amide bonds. The quantitative estimate of drug-likeness (QED) is 0.536. The molecule has 0 aromatic heterocycles. The van der Waals surface area contributed by atoms with Crippen LogP contribution in [0.25, 0.3) is 10.8 Å². The molecule has 0 bridgehead atoms. The van der Waals surface area contributed by atoms with E-state index in [1.165, 1.54) is 24.3 Å². The molecule has 1 N–H and O–H groups in total. The highest BCUT2D eigenvalue weighted by molar-refractivity contribution is 7.95. The van der Waals surface area contributed by atoms with Crippen LogP contribution in [-0.4, -0.2) is 49.6 Å². The molecule has 0 saturated carbocycles. The SMILES string of the molecule is COC(=O)N(COSc1cccc2c(C(F)(F)F)c(OC)ccc12)CC(=O)O. The molecule has 0 aliphatic carbocycles. The zero-order chi connectivity index (χ0) is 20.9. The number of nitrogens with zero attached hydrogens (tertiary/aromatic N) is 1. The predicted molar refractivity (Wildman–Crippen MR) is 94.1 cm³/mol. The van der Waals surface area contributed by atoms with Crippen molar-refractivity contribution in [3.05, 3.63) is 35.9 Å². The molecule has 0 unspecified atom stereocenters. The molecule has 7 nitrogen and oxygen atoms in total. The van der Waals surface area contributed by atoms with Crippen molar-refractivity contribution in [2.75, 3.05) is 27.5 Å².